The van der Waals surface area contributed by atoms with Gasteiger partial charge in [0.15, 0.2) is 0 Å². The maximum atomic E-state index is 2.61. The minimum Gasteiger partial charge on any atom is -0.0763 e. The number of aryl methyl sites for hydroxylation is 3. The van der Waals surface area contributed by atoms with Crippen LogP contribution in [0.3, 0.4) is 0 Å². The molecule has 0 amide bonds. The highest BCUT2D eigenvalue weighted by molar-refractivity contribution is 6.12. The lowest BCUT2D eigenvalue weighted by Gasteiger charge is -2.29. The Morgan fingerprint density at radius 1 is 0.475 bits per heavy atom. The van der Waals surface area contributed by atoms with Crippen LogP contribution in [-0.2, 0) is 19.3 Å². The zero-order valence-electron chi connectivity index (χ0n) is 23.2. The van der Waals surface area contributed by atoms with Crippen molar-refractivity contribution in [3.63, 3.8) is 0 Å². The van der Waals surface area contributed by atoms with Crippen molar-refractivity contribution in [3.8, 4) is 0 Å². The lowest BCUT2D eigenvalue weighted by molar-refractivity contribution is 0.818. The van der Waals surface area contributed by atoms with Crippen molar-refractivity contribution in [1.29, 1.82) is 0 Å². The van der Waals surface area contributed by atoms with Gasteiger partial charge < -0.3 is 0 Å². The fourth-order valence-electron chi connectivity index (χ4n) is 8.53. The van der Waals surface area contributed by atoms with E-state index in [0.29, 0.717) is 0 Å². The van der Waals surface area contributed by atoms with E-state index >= 15 is 0 Å². The van der Waals surface area contributed by atoms with Gasteiger partial charge in [-0.15, -0.1) is 0 Å². The van der Waals surface area contributed by atoms with Gasteiger partial charge in [0.1, 0.15) is 0 Å². The van der Waals surface area contributed by atoms with Crippen LogP contribution in [0.25, 0.3) is 39.3 Å². The van der Waals surface area contributed by atoms with Crippen LogP contribution < -0.4 is 10.4 Å². The van der Waals surface area contributed by atoms with Crippen LogP contribution in [0.15, 0.2) is 101 Å². The molecule has 5 aliphatic rings. The number of fused-ring (bicyclic) bond motifs is 3. The molecule has 9 rings (SSSR count). The summed E-state index contributed by atoms with van der Waals surface area (Å²) in [6.45, 7) is 0. The summed E-state index contributed by atoms with van der Waals surface area (Å²) >= 11 is 0. The van der Waals surface area contributed by atoms with Gasteiger partial charge in [-0.1, -0.05) is 85.0 Å². The maximum absolute atomic E-state index is 2.61. The molecule has 0 spiro atoms. The molecule has 0 saturated carbocycles. The molecular weight excluding hydrogens is 480 g/mol. The smallest absolute Gasteiger partial charge is 0.00671 e. The predicted octanol–water partition coefficient (Wildman–Crippen LogP) is 8.58. The standard InChI is InChI=1S/C40H34/c1-2-7-27-22-28(15-14-25(27)6-1)29-16-17-31-24-32(19-18-30(31)23-29)33-20-21-38-36-11-4-9-26-8-3-10-35(39(26)36)37-13-5-12-34(33)40(37)38/h1-3,5-10,12-13,22-24H,4,11,14-21H2. The summed E-state index contributed by atoms with van der Waals surface area (Å²) in [6, 6.07) is 23.0. The Kier molecular flexibility index (Phi) is 5.03. The summed E-state index contributed by atoms with van der Waals surface area (Å²) in [4.78, 5) is 0. The van der Waals surface area contributed by atoms with Crippen LogP contribution in [0, 0.1) is 0 Å². The van der Waals surface area contributed by atoms with Crippen molar-refractivity contribution in [3.05, 3.63) is 133 Å². The third kappa shape index (κ3) is 3.38. The third-order valence-corrected chi connectivity index (χ3v) is 10.4. The zero-order valence-corrected chi connectivity index (χ0v) is 23.2. The summed E-state index contributed by atoms with van der Waals surface area (Å²) in [6.07, 6.45) is 21.9. The molecule has 4 aromatic carbocycles. The van der Waals surface area contributed by atoms with Crippen LogP contribution in [0.1, 0.15) is 67.2 Å². The fourth-order valence-corrected chi connectivity index (χ4v) is 8.53. The minimum atomic E-state index is 1.17. The van der Waals surface area contributed by atoms with Crippen LogP contribution in [0.5, 0.6) is 0 Å². The first kappa shape index (κ1) is 22.9. The summed E-state index contributed by atoms with van der Waals surface area (Å²) < 4.78 is 0. The first-order valence-corrected chi connectivity index (χ1v) is 15.4. The molecule has 0 aliphatic heterocycles. The largest absolute Gasteiger partial charge is 0.0763 e. The molecule has 0 heterocycles. The monoisotopic (exact) mass is 514 g/mol. The molecule has 0 atom stereocenters. The highest BCUT2D eigenvalue weighted by atomic mass is 14.3. The van der Waals surface area contributed by atoms with Gasteiger partial charge in [-0.05, 0) is 152 Å². The van der Waals surface area contributed by atoms with E-state index in [1.165, 1.54) is 102 Å². The Labute approximate surface area is 236 Å². The zero-order chi connectivity index (χ0) is 26.2. The van der Waals surface area contributed by atoms with Crippen molar-refractivity contribution >= 4 is 39.3 Å². The molecule has 194 valence electrons. The Hall–Kier alpha value is -3.90. The van der Waals surface area contributed by atoms with E-state index in [0.717, 1.165) is 0 Å². The number of hydrogen-bond acceptors (Lipinski definition) is 0. The number of rotatable bonds is 2. The van der Waals surface area contributed by atoms with E-state index in [1.54, 1.807) is 50.0 Å². The van der Waals surface area contributed by atoms with Crippen molar-refractivity contribution in [2.45, 2.75) is 64.2 Å². The molecule has 0 bridgehead atoms. The number of benzene rings is 4. The van der Waals surface area contributed by atoms with Crippen LogP contribution in [-0.4, -0.2) is 0 Å². The lowest BCUT2D eigenvalue weighted by atomic mass is 9.76. The summed E-state index contributed by atoms with van der Waals surface area (Å²) in [7, 11) is 0. The van der Waals surface area contributed by atoms with Crippen molar-refractivity contribution in [2.75, 3.05) is 0 Å². The molecule has 40 heavy (non-hydrogen) atoms. The second kappa shape index (κ2) is 8.80. The molecule has 0 N–H and O–H groups in total. The lowest BCUT2D eigenvalue weighted by Crippen LogP contribution is -2.21. The molecule has 0 radical (unpaired) electrons. The molecule has 0 saturated heterocycles. The van der Waals surface area contributed by atoms with E-state index < -0.39 is 0 Å². The second-order valence-electron chi connectivity index (χ2n) is 12.4. The van der Waals surface area contributed by atoms with E-state index in [2.05, 4.69) is 85.0 Å². The van der Waals surface area contributed by atoms with E-state index in [9.17, 15) is 0 Å². The van der Waals surface area contributed by atoms with Crippen molar-refractivity contribution in [1.82, 2.24) is 0 Å². The van der Waals surface area contributed by atoms with Crippen LogP contribution in [0.4, 0.5) is 0 Å². The molecule has 5 aliphatic carbocycles. The number of hydrogen-bond donors (Lipinski definition) is 0. The van der Waals surface area contributed by atoms with Gasteiger partial charge in [-0.3, -0.25) is 0 Å². The molecule has 4 aromatic rings. The molecular formula is C40H34. The first-order valence-electron chi connectivity index (χ1n) is 15.4. The molecule has 0 unspecified atom stereocenters. The molecule has 0 aromatic heterocycles. The predicted molar refractivity (Wildman–Crippen MR) is 170 cm³/mol. The minimum absolute atomic E-state index is 1.17. The van der Waals surface area contributed by atoms with Crippen molar-refractivity contribution < 1.29 is 0 Å². The Bertz CT molecular complexity index is 2040. The Morgan fingerprint density at radius 3 is 2.12 bits per heavy atom. The Morgan fingerprint density at radius 2 is 1.20 bits per heavy atom. The third-order valence-electron chi connectivity index (χ3n) is 10.4. The van der Waals surface area contributed by atoms with Gasteiger partial charge in [-0.2, -0.15) is 0 Å². The van der Waals surface area contributed by atoms with Crippen LogP contribution >= 0.6 is 0 Å². The highest BCUT2D eigenvalue weighted by Gasteiger charge is 2.25. The molecule has 0 nitrogen and oxygen atoms in total. The van der Waals surface area contributed by atoms with E-state index in [4.69, 9.17) is 0 Å². The second-order valence-corrected chi connectivity index (χ2v) is 12.4. The SMILES string of the molecule is C1=C(C2=Cc3ccccc3CC2)CCC2=C1CCC(C1=c3cccc4c3c(c3c5c(cccc54)=CCC3)CC1)=C2. The normalized spacial score (nSPS) is 19.5. The first-order chi connectivity index (χ1) is 19.8. The van der Waals surface area contributed by atoms with Crippen molar-refractivity contribution in [2.24, 2.45) is 0 Å². The Balaban J connectivity index is 1.16. The average molecular weight is 515 g/mol. The van der Waals surface area contributed by atoms with E-state index in [1.807, 2.05) is 0 Å². The average Bonchev–Trinajstić information content (AvgIpc) is 3.02. The van der Waals surface area contributed by atoms with Gasteiger partial charge in [0.2, 0.25) is 0 Å². The molecule has 0 fully saturated rings. The topological polar surface area (TPSA) is 0 Å². The summed E-state index contributed by atoms with van der Waals surface area (Å²) in [5, 5.41) is 8.97. The summed E-state index contributed by atoms with van der Waals surface area (Å²) in [5.41, 5.74) is 15.8. The quantitative estimate of drug-likeness (QED) is 0.235. The van der Waals surface area contributed by atoms with Crippen LogP contribution in [0.2, 0.25) is 0 Å². The van der Waals surface area contributed by atoms with Gasteiger partial charge in [-0.25, -0.2) is 0 Å². The highest BCUT2D eigenvalue weighted by Crippen LogP contribution is 2.42. The molecule has 0 heteroatoms. The van der Waals surface area contributed by atoms with E-state index in [-0.39, 0.29) is 0 Å². The van der Waals surface area contributed by atoms with Gasteiger partial charge >= 0.3 is 0 Å². The van der Waals surface area contributed by atoms with Gasteiger partial charge in [0.25, 0.3) is 0 Å². The maximum Gasteiger partial charge on any atom is -0.00671 e. The summed E-state index contributed by atoms with van der Waals surface area (Å²) in [5.74, 6) is 0. The number of allylic oxidation sites excluding steroid dienone is 7. The van der Waals surface area contributed by atoms with Gasteiger partial charge in [0, 0.05) is 0 Å². The fraction of sp³-hybridized carbons (Fsp3) is 0.250. The van der Waals surface area contributed by atoms with Gasteiger partial charge in [0.05, 0.1) is 0 Å².